The normalized spacial score (nSPS) is 17.2. The Morgan fingerprint density at radius 1 is 1.06 bits per heavy atom. The average Bonchev–Trinajstić information content (AvgIpc) is 3.36. The Hall–Kier alpha value is -4.04. The number of aliphatic hydroxyl groups is 1. The van der Waals surface area contributed by atoms with E-state index in [-0.39, 0.29) is 16.9 Å². The van der Waals surface area contributed by atoms with Gasteiger partial charge in [0.2, 0.25) is 0 Å². The van der Waals surface area contributed by atoms with Crippen molar-refractivity contribution in [3.8, 4) is 0 Å². The number of aromatic nitrogens is 2. The van der Waals surface area contributed by atoms with Gasteiger partial charge in [0.1, 0.15) is 17.2 Å². The number of carbonyl (C=O) groups excluding carboxylic acids is 2. The number of imidazole rings is 1. The molecule has 4 aromatic rings. The average molecular weight is 430 g/mol. The highest BCUT2D eigenvalue weighted by Crippen LogP contribution is 2.31. The molecule has 3 N–H and O–H groups in total. The fourth-order valence-corrected chi connectivity index (χ4v) is 4.02. The monoisotopic (exact) mass is 430 g/mol. The minimum atomic E-state index is -0.744. The van der Waals surface area contributed by atoms with Crippen LogP contribution in [0.3, 0.4) is 0 Å². The molecule has 1 aliphatic rings. The molecule has 0 unspecified atom stereocenters. The lowest BCUT2D eigenvalue weighted by atomic mass is 10.1. The van der Waals surface area contributed by atoms with Crippen LogP contribution in [-0.4, -0.2) is 32.4 Å². The second-order valence-corrected chi connectivity index (χ2v) is 7.64. The maximum absolute atomic E-state index is 14.4. The van der Waals surface area contributed by atoms with Gasteiger partial charge in [0.05, 0.1) is 24.0 Å². The number of pyridine rings is 1. The van der Waals surface area contributed by atoms with Crippen molar-refractivity contribution in [3.05, 3.63) is 101 Å². The van der Waals surface area contributed by atoms with Gasteiger partial charge in [-0.3, -0.25) is 14.0 Å². The van der Waals surface area contributed by atoms with Crippen molar-refractivity contribution in [3.63, 3.8) is 0 Å². The Morgan fingerprint density at radius 3 is 2.75 bits per heavy atom. The van der Waals surface area contributed by atoms with E-state index < -0.39 is 29.8 Å². The summed E-state index contributed by atoms with van der Waals surface area (Å²) in [5, 5.41) is 15.7. The summed E-state index contributed by atoms with van der Waals surface area (Å²) >= 11 is 0. The Kier molecular flexibility index (Phi) is 4.91. The number of fused-ring (bicyclic) bond motifs is 2. The van der Waals surface area contributed by atoms with E-state index in [1.54, 1.807) is 28.8 Å². The molecule has 2 heterocycles. The number of aliphatic hydroxyl groups excluding tert-OH is 1. The Morgan fingerprint density at radius 2 is 1.88 bits per heavy atom. The zero-order valence-corrected chi connectivity index (χ0v) is 16.8. The van der Waals surface area contributed by atoms with Gasteiger partial charge >= 0.3 is 0 Å². The topological polar surface area (TPSA) is 95.7 Å². The number of nitrogens with one attached hydrogen (secondary N) is 2. The molecular weight excluding hydrogens is 411 g/mol. The van der Waals surface area contributed by atoms with Gasteiger partial charge in [-0.2, -0.15) is 0 Å². The molecule has 5 rings (SSSR count). The molecule has 32 heavy (non-hydrogen) atoms. The highest BCUT2D eigenvalue weighted by atomic mass is 19.1. The van der Waals surface area contributed by atoms with E-state index in [1.165, 1.54) is 18.3 Å². The van der Waals surface area contributed by atoms with Crippen molar-refractivity contribution >= 4 is 23.1 Å². The molecule has 0 saturated carbocycles. The summed E-state index contributed by atoms with van der Waals surface area (Å²) in [5.41, 5.74) is 2.70. The Bertz CT molecular complexity index is 1350. The lowest BCUT2D eigenvalue weighted by molar-refractivity contribution is 0.0857. The number of amides is 2. The quantitative estimate of drug-likeness (QED) is 0.464. The van der Waals surface area contributed by atoms with Crippen LogP contribution in [0.1, 0.15) is 38.0 Å². The van der Waals surface area contributed by atoms with E-state index in [1.807, 2.05) is 24.3 Å². The van der Waals surface area contributed by atoms with E-state index in [4.69, 9.17) is 0 Å². The highest BCUT2D eigenvalue weighted by Gasteiger charge is 2.32. The molecule has 8 heteroatoms. The van der Waals surface area contributed by atoms with E-state index in [9.17, 15) is 19.1 Å². The number of hydrogen-bond acceptors (Lipinski definition) is 4. The maximum atomic E-state index is 14.4. The number of hydrogen-bond donors (Lipinski definition) is 3. The molecule has 2 atom stereocenters. The third kappa shape index (κ3) is 3.50. The summed E-state index contributed by atoms with van der Waals surface area (Å²) in [4.78, 5) is 29.7. The minimum absolute atomic E-state index is 0.124. The van der Waals surface area contributed by atoms with Gasteiger partial charge in [0, 0.05) is 18.2 Å². The zero-order chi connectivity index (χ0) is 22.2. The maximum Gasteiger partial charge on any atom is 0.274 e. The molecule has 160 valence electrons. The number of benzene rings is 2. The van der Waals surface area contributed by atoms with Crippen LogP contribution in [0.25, 0.3) is 5.65 Å². The van der Waals surface area contributed by atoms with Gasteiger partial charge in [-0.1, -0.05) is 30.3 Å². The van der Waals surface area contributed by atoms with Gasteiger partial charge in [0.25, 0.3) is 11.8 Å². The van der Waals surface area contributed by atoms with Crippen LogP contribution in [0.15, 0.2) is 73.1 Å². The number of rotatable bonds is 4. The molecule has 0 bridgehead atoms. The number of halogens is 1. The summed E-state index contributed by atoms with van der Waals surface area (Å²) in [5.74, 6) is -1.70. The molecule has 2 aromatic carbocycles. The Labute approximate surface area is 182 Å². The first-order valence-corrected chi connectivity index (χ1v) is 10.1. The van der Waals surface area contributed by atoms with Crippen LogP contribution in [-0.2, 0) is 6.42 Å². The highest BCUT2D eigenvalue weighted by molar-refractivity contribution is 6.04. The number of anilines is 1. The predicted octanol–water partition coefficient (Wildman–Crippen LogP) is 3.11. The second kappa shape index (κ2) is 7.90. The lowest BCUT2D eigenvalue weighted by Gasteiger charge is -2.18. The van der Waals surface area contributed by atoms with E-state index in [0.29, 0.717) is 12.1 Å². The largest absolute Gasteiger partial charge is 0.390 e. The third-order valence-electron chi connectivity index (χ3n) is 5.62. The third-order valence-corrected chi connectivity index (χ3v) is 5.62. The first kappa shape index (κ1) is 19.9. The minimum Gasteiger partial charge on any atom is -0.390 e. The van der Waals surface area contributed by atoms with E-state index in [2.05, 4.69) is 15.6 Å². The molecule has 0 radical (unpaired) electrons. The standard InChI is InChI=1S/C24H19FN4O3/c25-17-9-8-15(23(31)28-22-16-6-2-1-5-14(16)12-20(22)30)11-18(17)27-24(32)19-13-26-21-7-3-4-10-29(19)21/h1-11,13,20,22,30H,12H2,(H,27,32)(H,28,31)/t20-,22-/m1/s1. The molecule has 0 saturated heterocycles. The van der Waals surface area contributed by atoms with Crippen LogP contribution in [0.2, 0.25) is 0 Å². The molecule has 2 amide bonds. The summed E-state index contributed by atoms with van der Waals surface area (Å²) in [6.07, 6.45) is 2.79. The van der Waals surface area contributed by atoms with Gasteiger partial charge < -0.3 is 15.7 Å². The first-order valence-electron chi connectivity index (χ1n) is 10.1. The fraction of sp³-hybridized carbons (Fsp3) is 0.125. The van der Waals surface area contributed by atoms with Crippen molar-refractivity contribution in [1.29, 1.82) is 0 Å². The van der Waals surface area contributed by atoms with Gasteiger partial charge in [-0.15, -0.1) is 0 Å². The van der Waals surface area contributed by atoms with Crippen molar-refractivity contribution < 1.29 is 19.1 Å². The summed E-state index contributed by atoms with van der Waals surface area (Å²) in [7, 11) is 0. The number of carbonyl (C=O) groups is 2. The smallest absolute Gasteiger partial charge is 0.274 e. The molecular formula is C24H19FN4O3. The van der Waals surface area contributed by atoms with E-state index in [0.717, 1.165) is 17.2 Å². The molecule has 7 nitrogen and oxygen atoms in total. The van der Waals surface area contributed by atoms with Crippen molar-refractivity contribution in [1.82, 2.24) is 14.7 Å². The molecule has 0 fully saturated rings. The fourth-order valence-electron chi connectivity index (χ4n) is 4.02. The lowest BCUT2D eigenvalue weighted by Crippen LogP contribution is -2.34. The van der Waals surface area contributed by atoms with Crippen LogP contribution in [0.4, 0.5) is 10.1 Å². The van der Waals surface area contributed by atoms with Gasteiger partial charge in [-0.05, 0) is 41.5 Å². The van der Waals surface area contributed by atoms with Crippen LogP contribution < -0.4 is 10.6 Å². The predicted molar refractivity (Wildman–Crippen MR) is 116 cm³/mol. The summed E-state index contributed by atoms with van der Waals surface area (Å²) in [6, 6.07) is 16.0. The molecule has 1 aliphatic carbocycles. The molecule has 2 aromatic heterocycles. The van der Waals surface area contributed by atoms with E-state index >= 15 is 0 Å². The van der Waals surface area contributed by atoms with Crippen LogP contribution >= 0.6 is 0 Å². The number of nitrogens with zero attached hydrogens (tertiary/aromatic N) is 2. The second-order valence-electron chi connectivity index (χ2n) is 7.64. The summed E-state index contributed by atoms with van der Waals surface area (Å²) < 4.78 is 16.0. The van der Waals surface area contributed by atoms with Crippen molar-refractivity contribution in [2.45, 2.75) is 18.6 Å². The van der Waals surface area contributed by atoms with Crippen molar-refractivity contribution in [2.75, 3.05) is 5.32 Å². The van der Waals surface area contributed by atoms with Crippen LogP contribution in [0.5, 0.6) is 0 Å². The Balaban J connectivity index is 1.37. The van der Waals surface area contributed by atoms with Gasteiger partial charge in [0.15, 0.2) is 0 Å². The first-order chi connectivity index (χ1) is 15.5. The zero-order valence-electron chi connectivity index (χ0n) is 16.8. The molecule has 0 aliphatic heterocycles. The van der Waals surface area contributed by atoms with Crippen LogP contribution in [0, 0.1) is 5.82 Å². The van der Waals surface area contributed by atoms with Crippen molar-refractivity contribution in [2.24, 2.45) is 0 Å². The van der Waals surface area contributed by atoms with Gasteiger partial charge in [-0.25, -0.2) is 9.37 Å². The molecule has 0 spiro atoms. The summed E-state index contributed by atoms with van der Waals surface area (Å²) in [6.45, 7) is 0. The SMILES string of the molecule is O=C(N[C@@H]1c2ccccc2C[C@H]1O)c1ccc(F)c(NC(=O)c2cnc3ccccn23)c1.